The van der Waals surface area contributed by atoms with E-state index in [0.717, 1.165) is 31.2 Å². The lowest BCUT2D eigenvalue weighted by Gasteiger charge is -2.10. The van der Waals surface area contributed by atoms with E-state index < -0.39 is 6.17 Å². The first-order valence-corrected chi connectivity index (χ1v) is 8.07. The topological polar surface area (TPSA) is 55.2 Å². The van der Waals surface area contributed by atoms with Crippen LogP contribution in [-0.4, -0.2) is 27.9 Å². The van der Waals surface area contributed by atoms with E-state index in [0.29, 0.717) is 18.0 Å². The van der Waals surface area contributed by atoms with E-state index in [1.54, 1.807) is 36.7 Å². The maximum Gasteiger partial charge on any atom is 0.159 e. The highest BCUT2D eigenvalue weighted by Crippen LogP contribution is 2.19. The third kappa shape index (κ3) is 5.85. The minimum Gasteiger partial charge on any atom is -0.508 e. The molecular weight excluding hydrogens is 295 g/mol. The Balaban J connectivity index is 1.79. The van der Waals surface area contributed by atoms with Crippen LogP contribution in [0.3, 0.4) is 0 Å². The number of rotatable bonds is 9. The molecule has 1 unspecified atom stereocenters. The van der Waals surface area contributed by atoms with E-state index in [1.807, 2.05) is 0 Å². The summed E-state index contributed by atoms with van der Waals surface area (Å²) in [5.41, 5.74) is 0.800. The van der Waals surface area contributed by atoms with Gasteiger partial charge in [-0.25, -0.2) is 14.4 Å². The number of phenols is 1. The smallest absolute Gasteiger partial charge is 0.159 e. The van der Waals surface area contributed by atoms with Gasteiger partial charge in [0.25, 0.3) is 0 Å². The van der Waals surface area contributed by atoms with Crippen molar-refractivity contribution in [2.75, 3.05) is 6.61 Å². The second-order valence-corrected chi connectivity index (χ2v) is 5.55. The lowest BCUT2D eigenvalue weighted by atomic mass is 10.1. The summed E-state index contributed by atoms with van der Waals surface area (Å²) in [5, 5.41) is 9.26. The Bertz CT molecular complexity index is 573. The number of halogens is 1. The van der Waals surface area contributed by atoms with Crippen molar-refractivity contribution in [2.24, 2.45) is 0 Å². The van der Waals surface area contributed by atoms with Crippen molar-refractivity contribution in [3.63, 3.8) is 0 Å². The molecule has 1 atom stereocenters. The van der Waals surface area contributed by atoms with Crippen LogP contribution in [0.5, 0.6) is 11.5 Å². The first-order chi connectivity index (χ1) is 11.2. The molecule has 23 heavy (non-hydrogen) atoms. The molecule has 0 aliphatic heterocycles. The summed E-state index contributed by atoms with van der Waals surface area (Å²) in [6.07, 6.45) is 6.93. The minimum atomic E-state index is -0.955. The summed E-state index contributed by atoms with van der Waals surface area (Å²) in [6, 6.07) is 6.63. The van der Waals surface area contributed by atoms with Crippen molar-refractivity contribution in [1.29, 1.82) is 0 Å². The Hall–Kier alpha value is -2.17. The molecule has 0 saturated heterocycles. The van der Waals surface area contributed by atoms with Crippen molar-refractivity contribution >= 4 is 0 Å². The Kier molecular flexibility index (Phi) is 6.78. The Labute approximate surface area is 136 Å². The number of aromatic nitrogens is 2. The van der Waals surface area contributed by atoms with Gasteiger partial charge in [0.1, 0.15) is 18.5 Å². The second kappa shape index (κ2) is 9.08. The summed E-state index contributed by atoms with van der Waals surface area (Å²) in [5.74, 6) is 1.19. The molecule has 4 nitrogen and oxygen atoms in total. The van der Waals surface area contributed by atoms with Gasteiger partial charge in [-0.3, -0.25) is 0 Å². The van der Waals surface area contributed by atoms with Gasteiger partial charge in [-0.2, -0.15) is 0 Å². The van der Waals surface area contributed by atoms with E-state index in [1.165, 1.54) is 0 Å². The number of hydrogen-bond acceptors (Lipinski definition) is 4. The summed E-state index contributed by atoms with van der Waals surface area (Å²) >= 11 is 0. The van der Waals surface area contributed by atoms with Crippen LogP contribution in [0.2, 0.25) is 0 Å². The first-order valence-electron chi connectivity index (χ1n) is 8.07. The molecule has 1 aromatic heterocycles. The van der Waals surface area contributed by atoms with E-state index in [9.17, 15) is 9.50 Å². The van der Waals surface area contributed by atoms with E-state index in [2.05, 4.69) is 16.9 Å². The predicted molar refractivity (Wildman–Crippen MR) is 88.3 cm³/mol. The molecule has 0 aliphatic rings. The fourth-order valence-corrected chi connectivity index (χ4v) is 2.21. The maximum atomic E-state index is 13.7. The molecule has 1 N–H and O–H groups in total. The molecule has 0 bridgehead atoms. The van der Waals surface area contributed by atoms with Gasteiger partial charge in [-0.15, -0.1) is 0 Å². The van der Waals surface area contributed by atoms with Crippen molar-refractivity contribution in [3.05, 3.63) is 36.7 Å². The van der Waals surface area contributed by atoms with Gasteiger partial charge in [0.2, 0.25) is 0 Å². The largest absolute Gasteiger partial charge is 0.508 e. The van der Waals surface area contributed by atoms with Crippen LogP contribution in [0, 0.1) is 0 Å². The quantitative estimate of drug-likeness (QED) is 0.690. The number of alkyl halides is 1. The molecule has 2 rings (SSSR count). The van der Waals surface area contributed by atoms with Crippen LogP contribution < -0.4 is 4.74 Å². The van der Waals surface area contributed by atoms with Crippen molar-refractivity contribution in [1.82, 2.24) is 9.97 Å². The van der Waals surface area contributed by atoms with Gasteiger partial charge in [0.15, 0.2) is 11.6 Å². The molecule has 0 radical (unpaired) electrons. The fraction of sp³-hybridized carbons (Fsp3) is 0.444. The molecule has 0 aliphatic carbocycles. The third-order valence-electron chi connectivity index (χ3n) is 3.56. The van der Waals surface area contributed by atoms with Crippen molar-refractivity contribution in [3.8, 4) is 22.9 Å². The molecule has 0 spiro atoms. The molecule has 2 aromatic rings. The van der Waals surface area contributed by atoms with Gasteiger partial charge in [0, 0.05) is 5.56 Å². The average Bonchev–Trinajstić information content (AvgIpc) is 2.58. The zero-order valence-corrected chi connectivity index (χ0v) is 13.4. The zero-order chi connectivity index (χ0) is 16.5. The lowest BCUT2D eigenvalue weighted by molar-refractivity contribution is 0.183. The molecule has 124 valence electrons. The fourth-order valence-electron chi connectivity index (χ4n) is 2.21. The SMILES string of the molecule is CCCCCCC(F)COc1cnc(-c2ccc(O)cc2)nc1. The Morgan fingerprint density at radius 2 is 1.78 bits per heavy atom. The van der Waals surface area contributed by atoms with Crippen molar-refractivity contribution < 1.29 is 14.2 Å². The summed E-state index contributed by atoms with van der Waals surface area (Å²) in [4.78, 5) is 8.41. The lowest BCUT2D eigenvalue weighted by Crippen LogP contribution is -2.13. The normalized spacial score (nSPS) is 12.1. The molecule has 5 heteroatoms. The van der Waals surface area contributed by atoms with Gasteiger partial charge < -0.3 is 9.84 Å². The Morgan fingerprint density at radius 3 is 2.43 bits per heavy atom. The van der Waals surface area contributed by atoms with Crippen LogP contribution in [0.1, 0.15) is 39.0 Å². The Morgan fingerprint density at radius 1 is 1.09 bits per heavy atom. The number of unbranched alkanes of at least 4 members (excludes halogenated alkanes) is 3. The number of ether oxygens (including phenoxy) is 1. The number of nitrogens with zero attached hydrogens (tertiary/aromatic N) is 2. The first kappa shape index (κ1) is 17.2. The zero-order valence-electron chi connectivity index (χ0n) is 13.4. The van der Waals surface area contributed by atoms with Gasteiger partial charge in [0.05, 0.1) is 12.4 Å². The van der Waals surface area contributed by atoms with Crippen LogP contribution in [0.25, 0.3) is 11.4 Å². The molecule has 0 amide bonds. The standard InChI is InChI=1S/C18H23FN2O2/c1-2-3-4-5-6-15(19)13-23-17-11-20-18(21-12-17)14-7-9-16(22)10-8-14/h7-12,15,22H,2-6,13H2,1H3. The summed E-state index contributed by atoms with van der Waals surface area (Å²) < 4.78 is 19.1. The van der Waals surface area contributed by atoms with Gasteiger partial charge in [-0.05, 0) is 30.7 Å². The molecule has 1 aromatic carbocycles. The third-order valence-corrected chi connectivity index (χ3v) is 3.56. The summed E-state index contributed by atoms with van der Waals surface area (Å²) in [6.45, 7) is 2.17. The van der Waals surface area contributed by atoms with E-state index in [-0.39, 0.29) is 12.4 Å². The predicted octanol–water partition coefficient (Wildman–Crippen LogP) is 4.54. The van der Waals surface area contributed by atoms with Crippen LogP contribution in [-0.2, 0) is 0 Å². The van der Waals surface area contributed by atoms with E-state index in [4.69, 9.17) is 4.74 Å². The average molecular weight is 318 g/mol. The highest BCUT2D eigenvalue weighted by molar-refractivity contribution is 5.55. The van der Waals surface area contributed by atoms with E-state index >= 15 is 0 Å². The van der Waals surface area contributed by atoms with Gasteiger partial charge >= 0.3 is 0 Å². The second-order valence-electron chi connectivity index (χ2n) is 5.55. The molecule has 0 saturated carbocycles. The highest BCUT2D eigenvalue weighted by atomic mass is 19.1. The van der Waals surface area contributed by atoms with Crippen molar-refractivity contribution in [2.45, 2.75) is 45.2 Å². The molecule has 1 heterocycles. The van der Waals surface area contributed by atoms with Crippen LogP contribution >= 0.6 is 0 Å². The minimum absolute atomic E-state index is 0.0358. The highest BCUT2D eigenvalue weighted by Gasteiger charge is 2.08. The number of aromatic hydroxyl groups is 1. The molecule has 0 fully saturated rings. The molecular formula is C18H23FN2O2. The number of hydrogen-bond donors (Lipinski definition) is 1. The number of benzene rings is 1. The maximum absolute atomic E-state index is 13.7. The van der Waals surface area contributed by atoms with Gasteiger partial charge in [-0.1, -0.05) is 32.6 Å². The summed E-state index contributed by atoms with van der Waals surface area (Å²) in [7, 11) is 0. The number of phenolic OH excluding ortho intramolecular Hbond substituents is 1. The monoisotopic (exact) mass is 318 g/mol. The van der Waals surface area contributed by atoms with Crippen LogP contribution in [0.15, 0.2) is 36.7 Å². The van der Waals surface area contributed by atoms with Crippen LogP contribution in [0.4, 0.5) is 4.39 Å².